The van der Waals surface area contributed by atoms with Crippen molar-refractivity contribution in [3.05, 3.63) is 62.7 Å². The van der Waals surface area contributed by atoms with Crippen molar-refractivity contribution in [3.63, 3.8) is 0 Å². The molecular weight excluding hydrogens is 351 g/mol. The molecule has 0 aliphatic heterocycles. The number of ether oxygens (including phenoxy) is 1. The predicted molar refractivity (Wildman–Crippen MR) is 84.9 cm³/mol. The minimum Gasteiger partial charge on any atom is -0.496 e. The Bertz CT molecular complexity index is 588. The highest BCUT2D eigenvalue weighted by molar-refractivity contribution is 14.1. The maximum Gasteiger partial charge on any atom is 0.167 e. The zero-order valence-corrected chi connectivity index (χ0v) is 13.1. The van der Waals surface area contributed by atoms with E-state index in [-0.39, 0.29) is 5.78 Å². The van der Waals surface area contributed by atoms with Crippen LogP contribution >= 0.6 is 22.6 Å². The summed E-state index contributed by atoms with van der Waals surface area (Å²) in [5.41, 5.74) is 2.76. The highest BCUT2D eigenvalue weighted by Crippen LogP contribution is 2.20. The number of hydrogen-bond acceptors (Lipinski definition) is 2. The Balaban J connectivity index is 2.18. The van der Waals surface area contributed by atoms with Crippen LogP contribution in [0.3, 0.4) is 0 Å². The first-order valence-corrected chi connectivity index (χ1v) is 7.10. The monoisotopic (exact) mass is 366 g/mol. The quantitative estimate of drug-likeness (QED) is 0.603. The van der Waals surface area contributed by atoms with Crippen molar-refractivity contribution in [1.29, 1.82) is 0 Å². The van der Waals surface area contributed by atoms with Crippen LogP contribution in [0.25, 0.3) is 0 Å². The molecule has 2 aromatic rings. The number of ketones is 1. The Morgan fingerprint density at radius 1 is 1.16 bits per heavy atom. The maximum atomic E-state index is 12.2. The van der Waals surface area contributed by atoms with E-state index in [0.717, 1.165) is 16.9 Å². The van der Waals surface area contributed by atoms with Crippen LogP contribution in [0.15, 0.2) is 42.5 Å². The van der Waals surface area contributed by atoms with Crippen LogP contribution in [-0.4, -0.2) is 12.9 Å². The van der Waals surface area contributed by atoms with E-state index >= 15 is 0 Å². The second-order valence-corrected chi connectivity index (χ2v) is 5.66. The third kappa shape index (κ3) is 3.56. The van der Waals surface area contributed by atoms with Crippen molar-refractivity contribution in [2.75, 3.05) is 7.11 Å². The molecule has 0 bridgehead atoms. The molecule has 0 atom stereocenters. The molecule has 0 N–H and O–H groups in total. The lowest BCUT2D eigenvalue weighted by Crippen LogP contribution is -2.04. The number of methoxy groups -OCH3 is 1. The number of rotatable bonds is 4. The van der Waals surface area contributed by atoms with E-state index in [1.807, 2.05) is 49.4 Å². The molecule has 0 aromatic heterocycles. The average molecular weight is 366 g/mol. The second kappa shape index (κ2) is 6.19. The lowest BCUT2D eigenvalue weighted by Gasteiger charge is -2.07. The third-order valence-electron chi connectivity index (χ3n) is 3.01. The Morgan fingerprint density at radius 3 is 2.47 bits per heavy atom. The Labute approximate surface area is 126 Å². The highest BCUT2D eigenvalue weighted by Gasteiger charge is 2.09. The van der Waals surface area contributed by atoms with Gasteiger partial charge in [-0.05, 0) is 58.8 Å². The van der Waals surface area contributed by atoms with Crippen LogP contribution in [0, 0.1) is 10.5 Å². The Hall–Kier alpha value is -1.36. The molecule has 0 fully saturated rings. The smallest absolute Gasteiger partial charge is 0.167 e. The Kier molecular flexibility index (Phi) is 4.58. The fraction of sp³-hybridized carbons (Fsp3) is 0.188. The van der Waals surface area contributed by atoms with E-state index in [2.05, 4.69) is 22.6 Å². The molecule has 0 saturated carbocycles. The number of Topliss-reactive ketones (excluding diaryl/α,β-unsaturated/α-hetero) is 1. The lowest BCUT2D eigenvalue weighted by atomic mass is 10.0. The van der Waals surface area contributed by atoms with Gasteiger partial charge in [-0.1, -0.05) is 24.3 Å². The molecule has 0 heterocycles. The number of benzene rings is 2. The first-order chi connectivity index (χ1) is 9.10. The summed E-state index contributed by atoms with van der Waals surface area (Å²) >= 11 is 2.25. The van der Waals surface area contributed by atoms with E-state index < -0.39 is 0 Å². The molecule has 3 heteroatoms. The number of aryl methyl sites for hydroxylation is 1. The fourth-order valence-corrected chi connectivity index (χ4v) is 2.24. The van der Waals surface area contributed by atoms with E-state index in [1.54, 1.807) is 7.11 Å². The van der Waals surface area contributed by atoms with Crippen molar-refractivity contribution in [3.8, 4) is 5.75 Å². The molecule has 2 rings (SSSR count). The molecule has 0 aliphatic rings. The van der Waals surface area contributed by atoms with Crippen LogP contribution in [0.1, 0.15) is 21.5 Å². The molecule has 0 amide bonds. The van der Waals surface area contributed by atoms with Gasteiger partial charge in [0.25, 0.3) is 0 Å². The van der Waals surface area contributed by atoms with Gasteiger partial charge in [0.2, 0.25) is 0 Å². The van der Waals surface area contributed by atoms with Crippen LogP contribution in [-0.2, 0) is 6.42 Å². The minimum atomic E-state index is 0.111. The van der Waals surface area contributed by atoms with E-state index in [0.29, 0.717) is 12.0 Å². The van der Waals surface area contributed by atoms with E-state index in [4.69, 9.17) is 4.74 Å². The summed E-state index contributed by atoms with van der Waals surface area (Å²) in [7, 11) is 1.62. The lowest BCUT2D eigenvalue weighted by molar-refractivity contribution is 0.0992. The van der Waals surface area contributed by atoms with Crippen molar-refractivity contribution in [2.45, 2.75) is 13.3 Å². The van der Waals surface area contributed by atoms with Crippen molar-refractivity contribution in [2.24, 2.45) is 0 Å². The molecule has 98 valence electrons. The number of halogens is 1. The zero-order chi connectivity index (χ0) is 13.8. The molecule has 0 spiro atoms. The largest absolute Gasteiger partial charge is 0.496 e. The van der Waals surface area contributed by atoms with Gasteiger partial charge in [0.1, 0.15) is 5.75 Å². The van der Waals surface area contributed by atoms with Gasteiger partial charge in [-0.2, -0.15) is 0 Å². The van der Waals surface area contributed by atoms with E-state index in [1.165, 1.54) is 3.57 Å². The van der Waals surface area contributed by atoms with Crippen molar-refractivity contribution >= 4 is 28.4 Å². The summed E-state index contributed by atoms with van der Waals surface area (Å²) in [6, 6.07) is 13.6. The molecule has 0 radical (unpaired) electrons. The summed E-state index contributed by atoms with van der Waals surface area (Å²) in [5.74, 6) is 0.868. The number of carbonyl (C=O) groups is 1. The number of carbonyl (C=O) groups excluding carboxylic acids is 1. The van der Waals surface area contributed by atoms with E-state index in [9.17, 15) is 4.79 Å². The molecule has 0 aliphatic carbocycles. The second-order valence-electron chi connectivity index (χ2n) is 4.41. The van der Waals surface area contributed by atoms with Crippen LogP contribution in [0.5, 0.6) is 5.75 Å². The van der Waals surface area contributed by atoms with Gasteiger partial charge in [0.05, 0.1) is 7.11 Å². The average Bonchev–Trinajstić information content (AvgIpc) is 2.42. The van der Waals surface area contributed by atoms with Gasteiger partial charge in [-0.3, -0.25) is 4.79 Å². The minimum absolute atomic E-state index is 0.111. The van der Waals surface area contributed by atoms with Crippen molar-refractivity contribution in [1.82, 2.24) is 0 Å². The summed E-state index contributed by atoms with van der Waals surface area (Å²) in [5, 5.41) is 0. The molecule has 2 nitrogen and oxygen atoms in total. The standard InChI is InChI=1S/C16H15IO2/c1-11-3-6-13(10-16(11)19-2)15(18)9-12-4-7-14(17)8-5-12/h3-8,10H,9H2,1-2H3. The van der Waals surface area contributed by atoms with Gasteiger partial charge in [0, 0.05) is 15.6 Å². The zero-order valence-electron chi connectivity index (χ0n) is 10.9. The number of hydrogen-bond donors (Lipinski definition) is 0. The Morgan fingerprint density at radius 2 is 1.84 bits per heavy atom. The SMILES string of the molecule is COc1cc(C(=O)Cc2ccc(I)cc2)ccc1C. The topological polar surface area (TPSA) is 26.3 Å². The van der Waals surface area contributed by atoms with Gasteiger partial charge in [0.15, 0.2) is 5.78 Å². The fourth-order valence-electron chi connectivity index (χ4n) is 1.88. The normalized spacial score (nSPS) is 10.3. The predicted octanol–water partition coefficient (Wildman–Crippen LogP) is 4.03. The van der Waals surface area contributed by atoms with Crippen LogP contribution < -0.4 is 4.74 Å². The summed E-state index contributed by atoms with van der Waals surface area (Å²) in [4.78, 5) is 12.2. The van der Waals surface area contributed by atoms with Crippen LogP contribution in [0.2, 0.25) is 0 Å². The first kappa shape index (κ1) is 14.1. The molecule has 2 aromatic carbocycles. The third-order valence-corrected chi connectivity index (χ3v) is 3.73. The summed E-state index contributed by atoms with van der Waals surface area (Å²) in [6.07, 6.45) is 0.420. The molecule has 19 heavy (non-hydrogen) atoms. The summed E-state index contributed by atoms with van der Waals surface area (Å²) in [6.45, 7) is 1.96. The van der Waals surface area contributed by atoms with Crippen LogP contribution in [0.4, 0.5) is 0 Å². The molecule has 0 saturated heterocycles. The highest BCUT2D eigenvalue weighted by atomic mass is 127. The maximum absolute atomic E-state index is 12.2. The summed E-state index contributed by atoms with van der Waals surface area (Å²) < 4.78 is 6.42. The van der Waals surface area contributed by atoms with Gasteiger partial charge in [-0.15, -0.1) is 0 Å². The molecular formula is C16H15IO2. The molecule has 0 unspecified atom stereocenters. The van der Waals surface area contributed by atoms with Gasteiger partial charge < -0.3 is 4.74 Å². The van der Waals surface area contributed by atoms with Gasteiger partial charge in [-0.25, -0.2) is 0 Å². The first-order valence-electron chi connectivity index (χ1n) is 6.02. The van der Waals surface area contributed by atoms with Crippen molar-refractivity contribution < 1.29 is 9.53 Å². The van der Waals surface area contributed by atoms with Gasteiger partial charge >= 0.3 is 0 Å².